The van der Waals surface area contributed by atoms with Crippen molar-refractivity contribution in [2.24, 2.45) is 11.5 Å². The van der Waals surface area contributed by atoms with Crippen molar-refractivity contribution in [3.63, 3.8) is 0 Å². The maximum Gasteiger partial charge on any atom is 0.0344 e. The molecule has 1 aliphatic rings. The molecule has 3 nitrogen and oxygen atoms in total. The van der Waals surface area contributed by atoms with Crippen molar-refractivity contribution >= 4 is 17.4 Å². The minimum atomic E-state index is 0.0328. The number of nitrogens with one attached hydrogen (secondary N) is 1. The zero-order valence-electron chi connectivity index (χ0n) is 9.41. The molecule has 0 bridgehead atoms. The van der Waals surface area contributed by atoms with Crippen molar-refractivity contribution in [1.29, 1.82) is 0 Å². The number of aryl methyl sites for hydroxylation is 1. The first-order chi connectivity index (χ1) is 7.79. The van der Waals surface area contributed by atoms with Crippen LogP contribution in [0.3, 0.4) is 0 Å². The highest BCUT2D eigenvalue weighted by molar-refractivity contribution is 7.99. The van der Waals surface area contributed by atoms with E-state index >= 15 is 0 Å². The first-order valence-corrected chi connectivity index (χ1v) is 6.73. The normalized spacial score (nSPS) is 16.6. The first kappa shape index (κ1) is 11.8. The Morgan fingerprint density at radius 1 is 1.44 bits per heavy atom. The molecule has 0 saturated heterocycles. The van der Waals surface area contributed by atoms with Crippen molar-refractivity contribution in [3.05, 3.63) is 23.8 Å². The molecule has 88 valence electrons. The first-order valence-electron chi connectivity index (χ1n) is 5.75. The van der Waals surface area contributed by atoms with Gasteiger partial charge in [0.05, 0.1) is 0 Å². The topological polar surface area (TPSA) is 64.1 Å². The smallest absolute Gasteiger partial charge is 0.0344 e. The van der Waals surface area contributed by atoms with Gasteiger partial charge in [-0.1, -0.05) is 0 Å². The molecular formula is C12H19N3S. The van der Waals surface area contributed by atoms with Gasteiger partial charge in [0.15, 0.2) is 0 Å². The summed E-state index contributed by atoms with van der Waals surface area (Å²) in [6.45, 7) is 1.26. The van der Waals surface area contributed by atoms with E-state index < -0.39 is 0 Å². The standard InChI is InChI=1S/C12H19N3S/c13-7-10(14)8-15-11-3-4-12-9(6-11)2-1-5-16-12/h3-4,6,10,15H,1-2,5,7-8,13-14H2. The molecule has 0 saturated carbocycles. The third kappa shape index (κ3) is 2.90. The Kier molecular flexibility index (Phi) is 4.09. The molecular weight excluding hydrogens is 218 g/mol. The predicted octanol–water partition coefficient (Wildman–Crippen LogP) is 1.42. The number of rotatable bonds is 4. The average molecular weight is 237 g/mol. The highest BCUT2D eigenvalue weighted by Crippen LogP contribution is 2.31. The second-order valence-corrected chi connectivity index (χ2v) is 5.29. The number of anilines is 1. The summed E-state index contributed by atoms with van der Waals surface area (Å²) in [5.41, 5.74) is 13.9. The van der Waals surface area contributed by atoms with Crippen molar-refractivity contribution < 1.29 is 0 Å². The molecule has 1 aromatic carbocycles. The van der Waals surface area contributed by atoms with Crippen molar-refractivity contribution in [2.75, 3.05) is 24.2 Å². The van der Waals surface area contributed by atoms with E-state index in [9.17, 15) is 0 Å². The molecule has 1 aliphatic heterocycles. The second-order valence-electron chi connectivity index (χ2n) is 4.15. The van der Waals surface area contributed by atoms with E-state index in [0.29, 0.717) is 6.54 Å². The van der Waals surface area contributed by atoms with Crippen LogP contribution >= 0.6 is 11.8 Å². The predicted molar refractivity (Wildman–Crippen MR) is 71.0 cm³/mol. The van der Waals surface area contributed by atoms with Crippen molar-refractivity contribution in [2.45, 2.75) is 23.8 Å². The molecule has 1 aromatic rings. The molecule has 4 heteroatoms. The molecule has 1 heterocycles. The average Bonchev–Trinajstić information content (AvgIpc) is 2.35. The van der Waals surface area contributed by atoms with Crippen LogP contribution in [0.5, 0.6) is 0 Å². The monoisotopic (exact) mass is 237 g/mol. The molecule has 0 aliphatic carbocycles. The van der Waals surface area contributed by atoms with E-state index in [-0.39, 0.29) is 6.04 Å². The molecule has 0 amide bonds. The highest BCUT2D eigenvalue weighted by Gasteiger charge is 2.10. The Bertz CT molecular complexity index is 354. The van der Waals surface area contributed by atoms with Gasteiger partial charge in [0.2, 0.25) is 0 Å². The van der Waals surface area contributed by atoms with Crippen LogP contribution in [0, 0.1) is 0 Å². The summed E-state index contributed by atoms with van der Waals surface area (Å²) in [4.78, 5) is 1.43. The summed E-state index contributed by atoms with van der Waals surface area (Å²) in [6, 6.07) is 6.60. The lowest BCUT2D eigenvalue weighted by atomic mass is 10.1. The number of hydrogen-bond donors (Lipinski definition) is 3. The fourth-order valence-corrected chi connectivity index (χ4v) is 2.82. The van der Waals surface area contributed by atoms with E-state index in [4.69, 9.17) is 11.5 Å². The molecule has 0 aromatic heterocycles. The maximum atomic E-state index is 5.77. The number of fused-ring (bicyclic) bond motifs is 1. The minimum Gasteiger partial charge on any atom is -0.383 e. The molecule has 1 atom stereocenters. The number of thioether (sulfide) groups is 1. The summed E-state index contributed by atoms with van der Waals surface area (Å²) in [5.74, 6) is 1.25. The van der Waals surface area contributed by atoms with E-state index in [1.807, 2.05) is 11.8 Å². The van der Waals surface area contributed by atoms with Crippen LogP contribution in [0.2, 0.25) is 0 Å². The molecule has 2 rings (SSSR count). The van der Waals surface area contributed by atoms with Crippen LogP contribution in [0.25, 0.3) is 0 Å². The van der Waals surface area contributed by atoms with Gasteiger partial charge in [-0.3, -0.25) is 0 Å². The van der Waals surface area contributed by atoms with Crippen molar-refractivity contribution in [1.82, 2.24) is 0 Å². The molecule has 0 spiro atoms. The lowest BCUT2D eigenvalue weighted by molar-refractivity contribution is 0.713. The fraction of sp³-hybridized carbons (Fsp3) is 0.500. The van der Waals surface area contributed by atoms with E-state index in [1.165, 1.54) is 29.1 Å². The summed E-state index contributed by atoms with van der Waals surface area (Å²) in [6.07, 6.45) is 2.48. The summed E-state index contributed by atoms with van der Waals surface area (Å²) >= 11 is 1.95. The van der Waals surface area contributed by atoms with Gasteiger partial charge < -0.3 is 16.8 Å². The Morgan fingerprint density at radius 3 is 3.12 bits per heavy atom. The van der Waals surface area contributed by atoms with Crippen LogP contribution in [-0.2, 0) is 6.42 Å². The third-order valence-corrected chi connectivity index (χ3v) is 3.98. The van der Waals surface area contributed by atoms with Gasteiger partial charge in [-0.05, 0) is 42.4 Å². The van der Waals surface area contributed by atoms with Gasteiger partial charge in [-0.15, -0.1) is 11.8 Å². The zero-order chi connectivity index (χ0) is 11.4. The maximum absolute atomic E-state index is 5.77. The Labute approximate surface area is 101 Å². The molecule has 1 unspecified atom stereocenters. The SMILES string of the molecule is NCC(N)CNc1ccc2c(c1)CCCS2. The van der Waals surface area contributed by atoms with Crippen LogP contribution in [-0.4, -0.2) is 24.9 Å². The second kappa shape index (κ2) is 5.57. The van der Waals surface area contributed by atoms with E-state index in [1.54, 1.807) is 0 Å². The van der Waals surface area contributed by atoms with E-state index in [0.717, 1.165) is 12.2 Å². The summed E-state index contributed by atoms with van der Waals surface area (Å²) in [5, 5.41) is 3.33. The van der Waals surface area contributed by atoms with Crippen molar-refractivity contribution in [3.8, 4) is 0 Å². The quantitative estimate of drug-likeness (QED) is 0.741. The zero-order valence-corrected chi connectivity index (χ0v) is 10.2. The number of nitrogens with two attached hydrogens (primary N) is 2. The molecule has 0 radical (unpaired) electrons. The number of benzene rings is 1. The fourth-order valence-electron chi connectivity index (χ4n) is 1.80. The lowest BCUT2D eigenvalue weighted by Gasteiger charge is -2.17. The Morgan fingerprint density at radius 2 is 2.31 bits per heavy atom. The Hall–Kier alpha value is -0.710. The largest absolute Gasteiger partial charge is 0.383 e. The van der Waals surface area contributed by atoms with Crippen LogP contribution < -0.4 is 16.8 Å². The van der Waals surface area contributed by atoms with Gasteiger partial charge >= 0.3 is 0 Å². The minimum absolute atomic E-state index is 0.0328. The van der Waals surface area contributed by atoms with E-state index in [2.05, 4.69) is 23.5 Å². The van der Waals surface area contributed by atoms with Gasteiger partial charge in [-0.25, -0.2) is 0 Å². The van der Waals surface area contributed by atoms with Gasteiger partial charge in [0, 0.05) is 29.7 Å². The van der Waals surface area contributed by atoms with Crippen LogP contribution in [0.1, 0.15) is 12.0 Å². The lowest BCUT2D eigenvalue weighted by Crippen LogP contribution is -2.36. The van der Waals surface area contributed by atoms with Gasteiger partial charge in [0.25, 0.3) is 0 Å². The molecule has 0 fully saturated rings. The number of hydrogen-bond acceptors (Lipinski definition) is 4. The summed E-state index contributed by atoms with van der Waals surface area (Å²) < 4.78 is 0. The molecule has 16 heavy (non-hydrogen) atoms. The Balaban J connectivity index is 2.00. The third-order valence-electron chi connectivity index (χ3n) is 2.78. The summed E-state index contributed by atoms with van der Waals surface area (Å²) in [7, 11) is 0. The van der Waals surface area contributed by atoms with Crippen LogP contribution in [0.15, 0.2) is 23.1 Å². The molecule has 5 N–H and O–H groups in total. The van der Waals surface area contributed by atoms with Crippen LogP contribution in [0.4, 0.5) is 5.69 Å². The van der Waals surface area contributed by atoms with Gasteiger partial charge in [-0.2, -0.15) is 0 Å². The highest BCUT2D eigenvalue weighted by atomic mass is 32.2. The van der Waals surface area contributed by atoms with Gasteiger partial charge in [0.1, 0.15) is 0 Å².